The summed E-state index contributed by atoms with van der Waals surface area (Å²) in [6.45, 7) is 6.94. The Kier molecular flexibility index (Phi) is 7.02. The van der Waals surface area contributed by atoms with Crippen LogP contribution in [0.15, 0.2) is 17.1 Å². The van der Waals surface area contributed by atoms with Crippen molar-refractivity contribution in [3.63, 3.8) is 0 Å². The maximum atomic E-state index is 13.3. The van der Waals surface area contributed by atoms with E-state index in [1.807, 2.05) is 38.9 Å². The van der Waals surface area contributed by atoms with Gasteiger partial charge in [0.1, 0.15) is 17.3 Å². The molecule has 2 atom stereocenters. The number of nitrogens with one attached hydrogen (secondary N) is 1. The molecule has 174 valence electrons. The second-order valence-electron chi connectivity index (χ2n) is 8.13. The van der Waals surface area contributed by atoms with E-state index < -0.39 is 6.09 Å². The third kappa shape index (κ3) is 4.55. The molecule has 1 aliphatic heterocycles. The fourth-order valence-electron chi connectivity index (χ4n) is 3.89. The number of hydrogen-bond donors (Lipinski definition) is 1. The summed E-state index contributed by atoms with van der Waals surface area (Å²) < 4.78 is 12.2. The van der Waals surface area contributed by atoms with E-state index in [0.717, 1.165) is 16.9 Å². The van der Waals surface area contributed by atoms with E-state index in [-0.39, 0.29) is 17.7 Å². The molecular formula is C22H32N6O4. The molecule has 0 aliphatic carbocycles. The highest BCUT2D eigenvalue weighted by molar-refractivity contribution is 5.68. The molecular weight excluding hydrogens is 412 g/mol. The van der Waals surface area contributed by atoms with Crippen LogP contribution in [0.1, 0.15) is 18.2 Å². The summed E-state index contributed by atoms with van der Waals surface area (Å²) in [5.41, 5.74) is 2.55. The molecule has 0 bridgehead atoms. The molecule has 2 aromatic heterocycles. The molecule has 1 unspecified atom stereocenters. The van der Waals surface area contributed by atoms with Crippen molar-refractivity contribution in [2.75, 3.05) is 51.1 Å². The minimum atomic E-state index is -0.416. The number of aryl methyl sites for hydroxylation is 2. The van der Waals surface area contributed by atoms with Crippen molar-refractivity contribution in [2.24, 2.45) is 7.05 Å². The van der Waals surface area contributed by atoms with Crippen molar-refractivity contribution in [2.45, 2.75) is 32.9 Å². The molecule has 10 heteroatoms. The topological polar surface area (TPSA) is 102 Å². The standard InChI is InChI=1S/C22H32N6O4/c1-8-32-17-12-28(22(30)31-7)11-16(17)25-19-14(3)24-20(27(6)21(19)29)15-10-23-18(26(4)5)9-13(15)2/h9-10,16-17,25H,8,11-12H2,1-7H3/t16?,17-/m0/s1. The Hall–Kier alpha value is -3.14. The Balaban J connectivity index is 1.94. The van der Waals surface area contributed by atoms with Crippen LogP contribution in [-0.2, 0) is 16.5 Å². The Morgan fingerprint density at radius 1 is 1.31 bits per heavy atom. The molecule has 1 fully saturated rings. The van der Waals surface area contributed by atoms with Gasteiger partial charge >= 0.3 is 6.09 Å². The normalized spacial score (nSPS) is 18.0. The number of amides is 1. The number of pyridine rings is 1. The van der Waals surface area contributed by atoms with E-state index >= 15 is 0 Å². The van der Waals surface area contributed by atoms with E-state index in [2.05, 4.69) is 10.3 Å². The largest absolute Gasteiger partial charge is 0.453 e. The number of anilines is 2. The van der Waals surface area contributed by atoms with E-state index in [1.165, 1.54) is 11.7 Å². The van der Waals surface area contributed by atoms with Crippen molar-refractivity contribution >= 4 is 17.6 Å². The maximum Gasteiger partial charge on any atom is 0.409 e. The number of nitrogens with zero attached hydrogens (tertiary/aromatic N) is 5. The smallest absolute Gasteiger partial charge is 0.409 e. The van der Waals surface area contributed by atoms with Crippen LogP contribution in [0, 0.1) is 13.8 Å². The van der Waals surface area contributed by atoms with Crippen molar-refractivity contribution in [3.05, 3.63) is 33.9 Å². The zero-order valence-corrected chi connectivity index (χ0v) is 19.8. The van der Waals surface area contributed by atoms with Crippen molar-refractivity contribution in [3.8, 4) is 11.4 Å². The van der Waals surface area contributed by atoms with Crippen LogP contribution in [0.25, 0.3) is 11.4 Å². The number of rotatable bonds is 6. The zero-order chi connectivity index (χ0) is 23.6. The molecule has 10 nitrogen and oxygen atoms in total. The average Bonchev–Trinajstić information content (AvgIpc) is 3.16. The summed E-state index contributed by atoms with van der Waals surface area (Å²) in [6, 6.07) is 1.71. The summed E-state index contributed by atoms with van der Waals surface area (Å²) in [5, 5.41) is 3.29. The van der Waals surface area contributed by atoms with E-state index in [4.69, 9.17) is 14.5 Å². The third-order valence-corrected chi connectivity index (χ3v) is 5.68. The number of ether oxygens (including phenoxy) is 2. The number of methoxy groups -OCH3 is 1. The van der Waals surface area contributed by atoms with Crippen LogP contribution in [0.5, 0.6) is 0 Å². The molecule has 0 saturated carbocycles. The molecule has 0 radical (unpaired) electrons. The van der Waals surface area contributed by atoms with Gasteiger partial charge in [-0.2, -0.15) is 0 Å². The summed E-state index contributed by atoms with van der Waals surface area (Å²) in [6.07, 6.45) is 1.07. The fourth-order valence-corrected chi connectivity index (χ4v) is 3.89. The molecule has 1 amide bonds. The predicted molar refractivity (Wildman–Crippen MR) is 123 cm³/mol. The van der Waals surface area contributed by atoms with Gasteiger partial charge in [0.25, 0.3) is 5.56 Å². The van der Waals surface area contributed by atoms with Crippen LogP contribution < -0.4 is 15.8 Å². The van der Waals surface area contributed by atoms with Crippen molar-refractivity contribution in [1.29, 1.82) is 0 Å². The lowest BCUT2D eigenvalue weighted by Crippen LogP contribution is -2.38. The first-order valence-corrected chi connectivity index (χ1v) is 10.6. The van der Waals surface area contributed by atoms with Gasteiger partial charge in [0.15, 0.2) is 0 Å². The molecule has 3 heterocycles. The van der Waals surface area contributed by atoms with E-state index in [9.17, 15) is 9.59 Å². The van der Waals surface area contributed by atoms with Crippen molar-refractivity contribution in [1.82, 2.24) is 19.4 Å². The lowest BCUT2D eigenvalue weighted by Gasteiger charge is -2.22. The zero-order valence-electron chi connectivity index (χ0n) is 19.8. The highest BCUT2D eigenvalue weighted by atomic mass is 16.5. The Bertz CT molecular complexity index is 1050. The average molecular weight is 445 g/mol. The molecule has 0 spiro atoms. The number of carbonyl (C=O) groups excluding carboxylic acids is 1. The number of likely N-dealkylation sites (tertiary alicyclic amines) is 1. The number of hydrogen-bond acceptors (Lipinski definition) is 8. The second-order valence-corrected chi connectivity index (χ2v) is 8.13. The lowest BCUT2D eigenvalue weighted by molar-refractivity contribution is 0.0614. The van der Waals surface area contributed by atoms with Crippen LogP contribution in [0.2, 0.25) is 0 Å². The molecule has 1 N–H and O–H groups in total. The van der Waals surface area contributed by atoms with Gasteiger partial charge in [-0.25, -0.2) is 14.8 Å². The van der Waals surface area contributed by atoms with Gasteiger partial charge in [0, 0.05) is 46.1 Å². The Labute approximate surface area is 188 Å². The molecule has 2 aromatic rings. The van der Waals surface area contributed by atoms with Gasteiger partial charge in [-0.05, 0) is 32.4 Å². The van der Waals surface area contributed by atoms with Gasteiger partial charge in [-0.3, -0.25) is 9.36 Å². The maximum absolute atomic E-state index is 13.3. The van der Waals surface area contributed by atoms with Crippen LogP contribution in [-0.4, -0.2) is 78.6 Å². The van der Waals surface area contributed by atoms with Gasteiger partial charge in [0.2, 0.25) is 0 Å². The molecule has 1 saturated heterocycles. The highest BCUT2D eigenvalue weighted by Crippen LogP contribution is 2.25. The van der Waals surface area contributed by atoms with Crippen LogP contribution in [0.3, 0.4) is 0 Å². The van der Waals surface area contributed by atoms with E-state index in [1.54, 1.807) is 25.1 Å². The first kappa shape index (κ1) is 23.5. The number of carbonyl (C=O) groups is 1. The summed E-state index contributed by atoms with van der Waals surface area (Å²) in [7, 11) is 6.91. The first-order valence-electron chi connectivity index (χ1n) is 10.6. The van der Waals surface area contributed by atoms with Gasteiger partial charge in [-0.15, -0.1) is 0 Å². The van der Waals surface area contributed by atoms with Crippen molar-refractivity contribution < 1.29 is 14.3 Å². The SMILES string of the molecule is CCO[C@H]1CN(C(=O)OC)CC1Nc1c(C)nc(-c2cnc(N(C)C)cc2C)n(C)c1=O. The van der Waals surface area contributed by atoms with Crippen LogP contribution in [0.4, 0.5) is 16.3 Å². The third-order valence-electron chi connectivity index (χ3n) is 5.68. The monoisotopic (exact) mass is 444 g/mol. The van der Waals surface area contributed by atoms with Gasteiger partial charge in [-0.1, -0.05) is 0 Å². The van der Waals surface area contributed by atoms with Gasteiger partial charge < -0.3 is 24.6 Å². The highest BCUT2D eigenvalue weighted by Gasteiger charge is 2.37. The van der Waals surface area contributed by atoms with Gasteiger partial charge in [0.05, 0.1) is 31.5 Å². The second kappa shape index (κ2) is 9.56. The molecule has 1 aliphatic rings. The Morgan fingerprint density at radius 2 is 2.03 bits per heavy atom. The summed E-state index contributed by atoms with van der Waals surface area (Å²) in [4.78, 5) is 38.0. The number of aromatic nitrogens is 3. The molecule has 3 rings (SSSR count). The summed E-state index contributed by atoms with van der Waals surface area (Å²) >= 11 is 0. The first-order chi connectivity index (χ1) is 15.2. The quantitative estimate of drug-likeness (QED) is 0.720. The minimum absolute atomic E-state index is 0.199. The lowest BCUT2D eigenvalue weighted by atomic mass is 10.1. The summed E-state index contributed by atoms with van der Waals surface area (Å²) in [5.74, 6) is 1.39. The Morgan fingerprint density at radius 3 is 2.62 bits per heavy atom. The molecule has 0 aromatic carbocycles. The minimum Gasteiger partial charge on any atom is -0.453 e. The molecule has 32 heavy (non-hydrogen) atoms. The van der Waals surface area contributed by atoms with E-state index in [0.29, 0.717) is 36.9 Å². The fraction of sp³-hybridized carbons (Fsp3) is 0.545. The van der Waals surface area contributed by atoms with Crippen LogP contribution >= 0.6 is 0 Å². The predicted octanol–water partition coefficient (Wildman–Crippen LogP) is 1.79.